The molecule has 104 valence electrons. The van der Waals surface area contributed by atoms with Crippen molar-refractivity contribution in [1.29, 1.82) is 0 Å². The lowest BCUT2D eigenvalue weighted by molar-refractivity contribution is -0.192. The molecule has 0 heterocycles. The van der Waals surface area contributed by atoms with Crippen LogP contribution < -0.4 is 5.48 Å². The molecule has 1 amide bonds. The van der Waals surface area contributed by atoms with Crippen LogP contribution in [0.4, 0.5) is 13.2 Å². The Hall–Kier alpha value is -1.08. The van der Waals surface area contributed by atoms with Crippen molar-refractivity contribution in [2.75, 3.05) is 6.61 Å². The second-order valence-electron chi connectivity index (χ2n) is 4.42. The summed E-state index contributed by atoms with van der Waals surface area (Å²) in [5.74, 6) is -0.529. The van der Waals surface area contributed by atoms with Gasteiger partial charge in [0.25, 0.3) is 5.91 Å². The highest BCUT2D eigenvalue weighted by molar-refractivity contribution is 9.10. The lowest BCUT2D eigenvalue weighted by Crippen LogP contribution is -2.37. The second-order valence-corrected chi connectivity index (χ2v) is 5.34. The summed E-state index contributed by atoms with van der Waals surface area (Å²) < 4.78 is 36.6. The molecular formula is C12H11BrF3NO2. The van der Waals surface area contributed by atoms with Gasteiger partial charge in [-0.1, -0.05) is 28.1 Å². The van der Waals surface area contributed by atoms with E-state index in [4.69, 9.17) is 0 Å². The van der Waals surface area contributed by atoms with Crippen LogP contribution in [-0.2, 0) is 15.0 Å². The predicted octanol–water partition coefficient (Wildman–Crippen LogP) is 3.09. The molecule has 0 spiro atoms. The number of carbonyl (C=O) groups excluding carboxylic acids is 1. The molecule has 0 radical (unpaired) electrons. The Bertz CT molecular complexity index is 469. The number of rotatable bonds is 4. The Morgan fingerprint density at radius 2 is 1.89 bits per heavy atom. The van der Waals surface area contributed by atoms with E-state index in [0.29, 0.717) is 12.8 Å². The van der Waals surface area contributed by atoms with Gasteiger partial charge >= 0.3 is 6.18 Å². The topological polar surface area (TPSA) is 38.3 Å². The van der Waals surface area contributed by atoms with Crippen molar-refractivity contribution in [2.45, 2.75) is 24.4 Å². The van der Waals surface area contributed by atoms with E-state index in [0.717, 1.165) is 10.0 Å². The lowest BCUT2D eigenvalue weighted by atomic mass is 9.95. The van der Waals surface area contributed by atoms with E-state index in [1.54, 1.807) is 24.3 Å². The molecule has 3 nitrogen and oxygen atoms in total. The first-order chi connectivity index (χ1) is 8.83. The number of carbonyl (C=O) groups is 1. The van der Waals surface area contributed by atoms with E-state index in [9.17, 15) is 18.0 Å². The molecule has 2 rings (SSSR count). The van der Waals surface area contributed by atoms with Gasteiger partial charge in [0, 0.05) is 4.47 Å². The molecule has 1 aromatic carbocycles. The zero-order valence-electron chi connectivity index (χ0n) is 9.76. The van der Waals surface area contributed by atoms with Crippen molar-refractivity contribution in [1.82, 2.24) is 5.48 Å². The van der Waals surface area contributed by atoms with Gasteiger partial charge in [-0.05, 0) is 30.5 Å². The van der Waals surface area contributed by atoms with Crippen molar-refractivity contribution >= 4 is 21.8 Å². The highest BCUT2D eigenvalue weighted by atomic mass is 79.9. The van der Waals surface area contributed by atoms with Gasteiger partial charge < -0.3 is 0 Å². The molecule has 1 aliphatic carbocycles. The zero-order chi connectivity index (χ0) is 14.1. The molecule has 0 unspecified atom stereocenters. The quantitative estimate of drug-likeness (QED) is 0.857. The number of alkyl halides is 3. The summed E-state index contributed by atoms with van der Waals surface area (Å²) in [7, 11) is 0. The lowest BCUT2D eigenvalue weighted by Gasteiger charge is -2.16. The average Bonchev–Trinajstić information content (AvgIpc) is 3.09. The molecule has 1 N–H and O–H groups in total. The number of benzene rings is 1. The first-order valence-electron chi connectivity index (χ1n) is 5.58. The predicted molar refractivity (Wildman–Crippen MR) is 65.2 cm³/mol. The fourth-order valence-electron chi connectivity index (χ4n) is 1.82. The standard InChI is InChI=1S/C12H11BrF3NO2/c13-9-3-1-8(2-4-9)11(5-6-11)10(18)17-19-7-12(14,15)16/h1-4H,5-7H2,(H,17,18). The first kappa shape index (κ1) is 14.3. The van der Waals surface area contributed by atoms with Crippen molar-refractivity contribution in [3.63, 3.8) is 0 Å². The third-order valence-corrected chi connectivity index (χ3v) is 3.51. The Morgan fingerprint density at radius 1 is 1.32 bits per heavy atom. The van der Waals surface area contributed by atoms with E-state index in [1.807, 2.05) is 5.48 Å². The van der Waals surface area contributed by atoms with Crippen molar-refractivity contribution in [3.05, 3.63) is 34.3 Å². The van der Waals surface area contributed by atoms with Crippen LogP contribution in [0, 0.1) is 0 Å². The molecule has 0 aromatic heterocycles. The minimum absolute atomic E-state index is 0.529. The highest BCUT2D eigenvalue weighted by Crippen LogP contribution is 2.48. The van der Waals surface area contributed by atoms with Gasteiger partial charge in [-0.15, -0.1) is 0 Å². The van der Waals surface area contributed by atoms with Crippen LogP contribution in [0.3, 0.4) is 0 Å². The summed E-state index contributed by atoms with van der Waals surface area (Å²) in [4.78, 5) is 16.1. The van der Waals surface area contributed by atoms with Crippen LogP contribution >= 0.6 is 15.9 Å². The number of hydroxylamine groups is 1. The van der Waals surface area contributed by atoms with Crippen molar-refractivity contribution < 1.29 is 22.8 Å². The Balaban J connectivity index is 1.97. The van der Waals surface area contributed by atoms with Gasteiger partial charge in [0.15, 0.2) is 6.61 Å². The maximum atomic E-state index is 11.9. The monoisotopic (exact) mass is 337 g/mol. The summed E-state index contributed by atoms with van der Waals surface area (Å²) in [6.45, 7) is -1.49. The van der Waals surface area contributed by atoms with Gasteiger partial charge in [0.2, 0.25) is 0 Å². The van der Waals surface area contributed by atoms with Crippen molar-refractivity contribution in [2.24, 2.45) is 0 Å². The van der Waals surface area contributed by atoms with Crippen LogP contribution in [0.25, 0.3) is 0 Å². The van der Waals surface area contributed by atoms with Gasteiger partial charge in [0.05, 0.1) is 5.41 Å². The van der Waals surface area contributed by atoms with E-state index in [1.165, 1.54) is 0 Å². The molecule has 0 saturated heterocycles. The molecule has 1 fully saturated rings. The Morgan fingerprint density at radius 3 is 2.37 bits per heavy atom. The summed E-state index contributed by atoms with van der Waals surface area (Å²) >= 11 is 3.28. The third kappa shape index (κ3) is 3.48. The van der Waals surface area contributed by atoms with Gasteiger partial charge in [-0.3, -0.25) is 9.63 Å². The Kier molecular flexibility index (Phi) is 3.87. The minimum atomic E-state index is -4.46. The molecule has 0 atom stereocenters. The highest BCUT2D eigenvalue weighted by Gasteiger charge is 2.51. The fourth-order valence-corrected chi connectivity index (χ4v) is 2.09. The molecule has 7 heteroatoms. The minimum Gasteiger partial charge on any atom is -0.272 e. The largest absolute Gasteiger partial charge is 0.414 e. The number of hydrogen-bond donors (Lipinski definition) is 1. The summed E-state index contributed by atoms with van der Waals surface area (Å²) in [5.41, 5.74) is 1.92. The van der Waals surface area contributed by atoms with Crippen LogP contribution in [0.5, 0.6) is 0 Å². The van der Waals surface area contributed by atoms with E-state index in [2.05, 4.69) is 20.8 Å². The van der Waals surface area contributed by atoms with Crippen LogP contribution in [0.2, 0.25) is 0 Å². The van der Waals surface area contributed by atoms with Gasteiger partial charge in [-0.2, -0.15) is 13.2 Å². The number of halogens is 4. The molecule has 0 aliphatic heterocycles. The zero-order valence-corrected chi connectivity index (χ0v) is 11.3. The molecule has 1 aliphatic rings. The molecule has 19 heavy (non-hydrogen) atoms. The smallest absolute Gasteiger partial charge is 0.272 e. The van der Waals surface area contributed by atoms with Crippen LogP contribution in [-0.4, -0.2) is 18.7 Å². The Labute approximate surface area is 116 Å². The molecule has 0 bridgehead atoms. The number of amides is 1. The molecular weight excluding hydrogens is 327 g/mol. The summed E-state index contributed by atoms with van der Waals surface area (Å²) in [6, 6.07) is 7.14. The summed E-state index contributed by atoms with van der Waals surface area (Å²) in [6.07, 6.45) is -3.24. The first-order valence-corrected chi connectivity index (χ1v) is 6.38. The average molecular weight is 338 g/mol. The summed E-state index contributed by atoms with van der Waals surface area (Å²) in [5, 5.41) is 0. The van der Waals surface area contributed by atoms with E-state index in [-0.39, 0.29) is 0 Å². The van der Waals surface area contributed by atoms with Crippen LogP contribution in [0.1, 0.15) is 18.4 Å². The van der Waals surface area contributed by atoms with Crippen LogP contribution in [0.15, 0.2) is 28.7 Å². The van der Waals surface area contributed by atoms with Crippen molar-refractivity contribution in [3.8, 4) is 0 Å². The maximum Gasteiger partial charge on any atom is 0.414 e. The molecule has 1 aromatic rings. The fraction of sp³-hybridized carbons (Fsp3) is 0.417. The normalized spacial score (nSPS) is 17.1. The molecule has 1 saturated carbocycles. The maximum absolute atomic E-state index is 11.9. The van der Waals surface area contributed by atoms with E-state index >= 15 is 0 Å². The third-order valence-electron chi connectivity index (χ3n) is 2.98. The number of hydrogen-bond acceptors (Lipinski definition) is 2. The second kappa shape index (κ2) is 5.13. The number of nitrogens with one attached hydrogen (secondary N) is 1. The SMILES string of the molecule is O=C(NOCC(F)(F)F)C1(c2ccc(Br)cc2)CC1. The van der Waals surface area contributed by atoms with Gasteiger partial charge in [-0.25, -0.2) is 5.48 Å². The van der Waals surface area contributed by atoms with Gasteiger partial charge in [0.1, 0.15) is 0 Å². The van der Waals surface area contributed by atoms with E-state index < -0.39 is 24.1 Å².